The highest BCUT2D eigenvalue weighted by atomic mass is 16.5. The Morgan fingerprint density at radius 2 is 2.25 bits per heavy atom. The van der Waals surface area contributed by atoms with Crippen molar-refractivity contribution in [3.63, 3.8) is 0 Å². The van der Waals surface area contributed by atoms with E-state index < -0.39 is 0 Å². The molecule has 0 bridgehead atoms. The van der Waals surface area contributed by atoms with E-state index in [2.05, 4.69) is 27.1 Å². The van der Waals surface area contributed by atoms with Crippen LogP contribution < -0.4 is 10.1 Å². The third-order valence-corrected chi connectivity index (χ3v) is 1.94. The van der Waals surface area contributed by atoms with Gasteiger partial charge < -0.3 is 15.0 Å². The first kappa shape index (κ1) is 12.7. The topological polar surface area (TPSA) is 50.3 Å². The van der Waals surface area contributed by atoms with Gasteiger partial charge in [-0.25, -0.2) is 4.98 Å². The van der Waals surface area contributed by atoms with Crippen LogP contribution >= 0.6 is 0 Å². The fraction of sp³-hybridized carbons (Fsp3) is 0.636. The fourth-order valence-corrected chi connectivity index (χ4v) is 1.45. The van der Waals surface area contributed by atoms with Gasteiger partial charge in [-0.1, -0.05) is 0 Å². The third kappa shape index (κ3) is 4.44. The molecule has 1 atom stereocenters. The predicted octanol–water partition coefficient (Wildman–Crippen LogP) is 1.24. The molecule has 0 saturated carbocycles. The highest BCUT2D eigenvalue weighted by Crippen LogP contribution is 2.09. The zero-order valence-corrected chi connectivity index (χ0v) is 10.4. The van der Waals surface area contributed by atoms with E-state index in [1.165, 1.54) is 0 Å². The summed E-state index contributed by atoms with van der Waals surface area (Å²) in [5.41, 5.74) is 0. The number of likely N-dealkylation sites (N-methyl/N-ethyl adjacent to an activating group) is 1. The van der Waals surface area contributed by atoms with Gasteiger partial charge in [0, 0.05) is 24.8 Å². The summed E-state index contributed by atoms with van der Waals surface area (Å²) in [5.74, 6) is 1.22. The van der Waals surface area contributed by atoms with Crippen molar-refractivity contribution in [3.05, 3.63) is 12.3 Å². The number of ether oxygens (including phenoxy) is 1. The summed E-state index contributed by atoms with van der Waals surface area (Å²) in [5, 5.41) is 3.23. The van der Waals surface area contributed by atoms with Crippen molar-refractivity contribution in [1.29, 1.82) is 0 Å². The lowest BCUT2D eigenvalue weighted by Crippen LogP contribution is -2.30. The molecule has 1 N–H and O–H groups in total. The van der Waals surface area contributed by atoms with Gasteiger partial charge in [0.05, 0.1) is 6.61 Å². The van der Waals surface area contributed by atoms with Crippen LogP contribution in [0.15, 0.2) is 12.3 Å². The van der Waals surface area contributed by atoms with Gasteiger partial charge in [0.1, 0.15) is 0 Å². The lowest BCUT2D eigenvalue weighted by molar-refractivity contribution is 0.326. The molecule has 0 saturated heterocycles. The van der Waals surface area contributed by atoms with Crippen LogP contribution in [0.3, 0.4) is 0 Å². The van der Waals surface area contributed by atoms with Crippen LogP contribution in [0, 0.1) is 0 Å². The molecule has 16 heavy (non-hydrogen) atoms. The van der Waals surface area contributed by atoms with E-state index in [4.69, 9.17) is 4.74 Å². The molecule has 1 aromatic heterocycles. The van der Waals surface area contributed by atoms with Crippen molar-refractivity contribution in [2.45, 2.75) is 19.9 Å². The Bertz CT molecular complexity index is 317. The number of nitrogens with one attached hydrogen (secondary N) is 1. The largest absolute Gasteiger partial charge is 0.478 e. The van der Waals surface area contributed by atoms with Crippen LogP contribution in [0.1, 0.15) is 13.8 Å². The molecule has 1 aromatic rings. The molecule has 5 heteroatoms. The minimum Gasteiger partial charge on any atom is -0.478 e. The lowest BCUT2D eigenvalue weighted by atomic mass is 10.3. The van der Waals surface area contributed by atoms with Gasteiger partial charge in [0.25, 0.3) is 0 Å². The molecular formula is C11H20N4O. The highest BCUT2D eigenvalue weighted by Gasteiger charge is 2.05. The summed E-state index contributed by atoms with van der Waals surface area (Å²) in [6, 6.07) is 2.05. The molecule has 90 valence electrons. The van der Waals surface area contributed by atoms with Gasteiger partial charge in [-0.05, 0) is 27.9 Å². The summed E-state index contributed by atoms with van der Waals surface area (Å²) >= 11 is 0. The highest BCUT2D eigenvalue weighted by molar-refractivity contribution is 5.28. The molecule has 5 nitrogen and oxygen atoms in total. The second kappa shape index (κ2) is 6.27. The molecule has 0 fully saturated rings. The molecule has 1 heterocycles. The quantitative estimate of drug-likeness (QED) is 0.787. The van der Waals surface area contributed by atoms with Gasteiger partial charge in [0.2, 0.25) is 11.8 Å². The fourth-order valence-electron chi connectivity index (χ4n) is 1.45. The average molecular weight is 224 g/mol. The Morgan fingerprint density at radius 3 is 2.88 bits per heavy atom. The minimum absolute atomic E-state index is 0.298. The van der Waals surface area contributed by atoms with E-state index in [-0.39, 0.29) is 0 Å². The molecule has 0 amide bonds. The monoisotopic (exact) mass is 224 g/mol. The van der Waals surface area contributed by atoms with Crippen molar-refractivity contribution in [2.24, 2.45) is 0 Å². The standard InChI is InChI=1S/C11H20N4O/c1-5-16-10-6-7-12-11(14-10)13-9(2)8-15(3)4/h6-7,9H,5,8H2,1-4H3,(H,12,13,14). The summed E-state index contributed by atoms with van der Waals surface area (Å²) in [6.45, 7) is 5.58. The summed E-state index contributed by atoms with van der Waals surface area (Å²) in [6.07, 6.45) is 1.70. The van der Waals surface area contributed by atoms with E-state index in [1.807, 2.05) is 21.0 Å². The Morgan fingerprint density at radius 1 is 1.50 bits per heavy atom. The van der Waals surface area contributed by atoms with E-state index in [1.54, 1.807) is 12.3 Å². The van der Waals surface area contributed by atoms with E-state index in [0.29, 0.717) is 24.5 Å². The first-order valence-electron chi connectivity index (χ1n) is 5.49. The number of hydrogen-bond acceptors (Lipinski definition) is 5. The number of rotatable bonds is 6. The van der Waals surface area contributed by atoms with Crippen LogP contribution in [-0.4, -0.2) is 48.2 Å². The Kier molecular flexibility index (Phi) is 4.98. The maximum Gasteiger partial charge on any atom is 0.226 e. The van der Waals surface area contributed by atoms with Crippen LogP contribution in [0.2, 0.25) is 0 Å². The summed E-state index contributed by atoms with van der Waals surface area (Å²) in [7, 11) is 4.07. The Balaban J connectivity index is 2.55. The minimum atomic E-state index is 0.298. The van der Waals surface area contributed by atoms with E-state index in [0.717, 1.165) is 6.54 Å². The van der Waals surface area contributed by atoms with Crippen molar-refractivity contribution in [2.75, 3.05) is 32.6 Å². The van der Waals surface area contributed by atoms with Gasteiger partial charge in [0.15, 0.2) is 0 Å². The molecule has 0 aromatic carbocycles. The van der Waals surface area contributed by atoms with Crippen molar-refractivity contribution in [1.82, 2.24) is 14.9 Å². The van der Waals surface area contributed by atoms with E-state index >= 15 is 0 Å². The second-order valence-electron chi connectivity index (χ2n) is 3.96. The van der Waals surface area contributed by atoms with Gasteiger partial charge in [-0.3, -0.25) is 0 Å². The van der Waals surface area contributed by atoms with Gasteiger partial charge in [-0.2, -0.15) is 4.98 Å². The maximum absolute atomic E-state index is 5.31. The third-order valence-electron chi connectivity index (χ3n) is 1.94. The molecule has 0 aliphatic rings. The van der Waals surface area contributed by atoms with E-state index in [9.17, 15) is 0 Å². The molecule has 0 spiro atoms. The van der Waals surface area contributed by atoms with Gasteiger partial charge >= 0.3 is 0 Å². The Hall–Kier alpha value is -1.36. The van der Waals surface area contributed by atoms with Crippen LogP contribution in [0.5, 0.6) is 5.88 Å². The van der Waals surface area contributed by atoms with Crippen molar-refractivity contribution >= 4 is 5.95 Å². The maximum atomic E-state index is 5.31. The number of hydrogen-bond donors (Lipinski definition) is 1. The number of nitrogens with zero attached hydrogens (tertiary/aromatic N) is 3. The average Bonchev–Trinajstić information content (AvgIpc) is 2.17. The lowest BCUT2D eigenvalue weighted by Gasteiger charge is -2.18. The van der Waals surface area contributed by atoms with Crippen molar-refractivity contribution < 1.29 is 4.74 Å². The van der Waals surface area contributed by atoms with Crippen LogP contribution in [0.4, 0.5) is 5.95 Å². The zero-order valence-electron chi connectivity index (χ0n) is 10.4. The zero-order chi connectivity index (χ0) is 12.0. The Labute approximate surface area is 96.8 Å². The predicted molar refractivity (Wildman–Crippen MR) is 64.8 cm³/mol. The van der Waals surface area contributed by atoms with Crippen LogP contribution in [0.25, 0.3) is 0 Å². The smallest absolute Gasteiger partial charge is 0.226 e. The molecule has 0 radical (unpaired) electrons. The first-order valence-corrected chi connectivity index (χ1v) is 5.49. The van der Waals surface area contributed by atoms with Crippen molar-refractivity contribution in [3.8, 4) is 5.88 Å². The summed E-state index contributed by atoms with van der Waals surface area (Å²) in [4.78, 5) is 10.5. The SMILES string of the molecule is CCOc1ccnc(NC(C)CN(C)C)n1. The second-order valence-corrected chi connectivity index (χ2v) is 3.96. The number of aromatic nitrogens is 2. The van der Waals surface area contributed by atoms with Crippen LogP contribution in [-0.2, 0) is 0 Å². The molecule has 0 aliphatic carbocycles. The normalized spacial score (nSPS) is 12.6. The first-order chi connectivity index (χ1) is 7.61. The molecule has 0 aliphatic heterocycles. The number of anilines is 1. The summed E-state index contributed by atoms with van der Waals surface area (Å²) < 4.78 is 5.31. The van der Waals surface area contributed by atoms with Gasteiger partial charge in [-0.15, -0.1) is 0 Å². The molecular weight excluding hydrogens is 204 g/mol. The molecule has 1 rings (SSSR count). The molecule has 1 unspecified atom stereocenters.